The Morgan fingerprint density at radius 2 is 2.06 bits per heavy atom. The second kappa shape index (κ2) is 4.24. The molecule has 0 fully saturated rings. The van der Waals surface area contributed by atoms with Gasteiger partial charge in [0.15, 0.2) is 10.8 Å². The third-order valence-corrected chi connectivity index (χ3v) is 3.32. The molecule has 2 heterocycles. The molecular formula is C11H17N5OS. The first-order chi connectivity index (χ1) is 8.26. The average Bonchev–Trinajstić information content (AvgIpc) is 2.67. The van der Waals surface area contributed by atoms with Gasteiger partial charge in [-0.3, -0.25) is 5.32 Å². The summed E-state index contributed by atoms with van der Waals surface area (Å²) >= 11 is 1.43. The van der Waals surface area contributed by atoms with Crippen LogP contribution in [0, 0.1) is 6.92 Å². The van der Waals surface area contributed by atoms with Crippen molar-refractivity contribution in [3.63, 3.8) is 0 Å². The van der Waals surface area contributed by atoms with Crippen molar-refractivity contribution < 1.29 is 4.79 Å². The molecule has 2 rings (SSSR count). The molecule has 0 atom stereocenters. The molecule has 0 aliphatic rings. The van der Waals surface area contributed by atoms with E-state index >= 15 is 0 Å². The van der Waals surface area contributed by atoms with Crippen LogP contribution >= 0.6 is 11.3 Å². The summed E-state index contributed by atoms with van der Waals surface area (Å²) < 4.78 is 2.72. The van der Waals surface area contributed by atoms with Crippen molar-refractivity contribution in [3.8, 4) is 0 Å². The zero-order valence-electron chi connectivity index (χ0n) is 11.2. The minimum Gasteiger partial charge on any atom is -0.333 e. The number of urea groups is 1. The zero-order valence-corrected chi connectivity index (χ0v) is 12.0. The molecule has 0 unspecified atom stereocenters. The molecule has 0 saturated heterocycles. The summed E-state index contributed by atoms with van der Waals surface area (Å²) in [7, 11) is 1.84. The minimum absolute atomic E-state index is 0.243. The number of anilines is 1. The summed E-state index contributed by atoms with van der Waals surface area (Å²) in [5, 5.41) is 10.4. The number of nitrogens with zero attached hydrogens (tertiary/aromatic N) is 3. The van der Waals surface area contributed by atoms with Gasteiger partial charge in [0.25, 0.3) is 0 Å². The van der Waals surface area contributed by atoms with Crippen LogP contribution in [-0.4, -0.2) is 26.3 Å². The van der Waals surface area contributed by atoms with Crippen LogP contribution in [0.2, 0.25) is 0 Å². The summed E-state index contributed by atoms with van der Waals surface area (Å²) in [6.45, 7) is 7.72. The van der Waals surface area contributed by atoms with E-state index in [1.165, 1.54) is 11.3 Å². The number of aromatic nitrogens is 3. The Labute approximate surface area is 109 Å². The molecule has 98 valence electrons. The van der Waals surface area contributed by atoms with Crippen LogP contribution in [0.15, 0.2) is 0 Å². The van der Waals surface area contributed by atoms with E-state index in [-0.39, 0.29) is 11.6 Å². The lowest BCUT2D eigenvalue weighted by Crippen LogP contribution is -2.43. The number of amides is 2. The van der Waals surface area contributed by atoms with E-state index in [2.05, 4.69) is 20.7 Å². The van der Waals surface area contributed by atoms with Gasteiger partial charge in [-0.05, 0) is 27.7 Å². The van der Waals surface area contributed by atoms with Gasteiger partial charge < -0.3 is 5.32 Å². The fourth-order valence-corrected chi connectivity index (χ4v) is 2.53. The van der Waals surface area contributed by atoms with Crippen molar-refractivity contribution in [2.24, 2.45) is 7.05 Å². The summed E-state index contributed by atoms with van der Waals surface area (Å²) in [6.07, 6.45) is 0. The summed E-state index contributed by atoms with van der Waals surface area (Å²) in [5.41, 5.74) is 1.45. The van der Waals surface area contributed by atoms with E-state index in [1.807, 2.05) is 34.7 Å². The van der Waals surface area contributed by atoms with Crippen LogP contribution in [0.4, 0.5) is 9.93 Å². The number of rotatable bonds is 1. The quantitative estimate of drug-likeness (QED) is 0.832. The molecule has 7 heteroatoms. The van der Waals surface area contributed by atoms with Crippen molar-refractivity contribution >= 4 is 32.8 Å². The smallest absolute Gasteiger partial charge is 0.321 e. The number of carbonyl (C=O) groups is 1. The third-order valence-electron chi connectivity index (χ3n) is 2.25. The molecule has 2 amide bonds. The third kappa shape index (κ3) is 2.61. The van der Waals surface area contributed by atoms with Crippen molar-refractivity contribution in [3.05, 3.63) is 5.69 Å². The zero-order chi connectivity index (χ0) is 13.5. The lowest BCUT2D eigenvalue weighted by atomic mass is 10.1. The van der Waals surface area contributed by atoms with E-state index in [0.29, 0.717) is 5.13 Å². The van der Waals surface area contributed by atoms with Gasteiger partial charge in [0.1, 0.15) is 0 Å². The summed E-state index contributed by atoms with van der Waals surface area (Å²) in [6, 6.07) is -0.243. The molecule has 0 aromatic carbocycles. The number of nitrogens with one attached hydrogen (secondary N) is 2. The van der Waals surface area contributed by atoms with E-state index in [0.717, 1.165) is 16.0 Å². The highest BCUT2D eigenvalue weighted by molar-refractivity contribution is 7.22. The minimum atomic E-state index is -0.266. The molecule has 6 nitrogen and oxygen atoms in total. The standard InChI is InChI=1S/C11H17N5OS/c1-6-7-8(16(5)15-6)12-10(18-7)13-9(17)14-11(2,3)4/h1-5H3,(H2,12,13,14,17). The van der Waals surface area contributed by atoms with Crippen LogP contribution in [0.3, 0.4) is 0 Å². The molecule has 2 aromatic rings. The van der Waals surface area contributed by atoms with Gasteiger partial charge >= 0.3 is 6.03 Å². The van der Waals surface area contributed by atoms with Crippen molar-refractivity contribution in [1.29, 1.82) is 0 Å². The highest BCUT2D eigenvalue weighted by Gasteiger charge is 2.16. The monoisotopic (exact) mass is 267 g/mol. The molecule has 2 aromatic heterocycles. The Balaban J connectivity index is 2.18. The Morgan fingerprint density at radius 3 is 2.61 bits per heavy atom. The molecule has 0 bridgehead atoms. The molecule has 0 aliphatic heterocycles. The van der Waals surface area contributed by atoms with Gasteiger partial charge in [-0.1, -0.05) is 11.3 Å². The van der Waals surface area contributed by atoms with Gasteiger partial charge in [0.2, 0.25) is 0 Å². The van der Waals surface area contributed by atoms with Crippen LogP contribution in [0.1, 0.15) is 26.5 Å². The first-order valence-corrected chi connectivity index (χ1v) is 6.47. The molecule has 18 heavy (non-hydrogen) atoms. The molecule has 0 spiro atoms. The number of thiazole rings is 1. The Kier molecular flexibility index (Phi) is 3.02. The second-order valence-corrected chi connectivity index (χ2v) is 6.21. The SMILES string of the molecule is Cc1nn(C)c2nc(NC(=O)NC(C)(C)C)sc12. The number of fused-ring (bicyclic) bond motifs is 1. The maximum Gasteiger partial charge on any atom is 0.321 e. The van der Waals surface area contributed by atoms with Gasteiger partial charge in [0, 0.05) is 12.6 Å². The van der Waals surface area contributed by atoms with E-state index in [4.69, 9.17) is 0 Å². The summed E-state index contributed by atoms with van der Waals surface area (Å²) in [5.74, 6) is 0. The van der Waals surface area contributed by atoms with Gasteiger partial charge in [-0.2, -0.15) is 10.1 Å². The molecule has 2 N–H and O–H groups in total. The van der Waals surface area contributed by atoms with Crippen LogP contribution in [0.5, 0.6) is 0 Å². The van der Waals surface area contributed by atoms with E-state index in [1.54, 1.807) is 4.68 Å². The highest BCUT2D eigenvalue weighted by Crippen LogP contribution is 2.27. The van der Waals surface area contributed by atoms with Crippen LogP contribution in [0.25, 0.3) is 10.3 Å². The molecule has 0 radical (unpaired) electrons. The topological polar surface area (TPSA) is 71.8 Å². The van der Waals surface area contributed by atoms with Crippen molar-refractivity contribution in [2.75, 3.05) is 5.32 Å². The van der Waals surface area contributed by atoms with Gasteiger partial charge in [-0.15, -0.1) is 0 Å². The maximum absolute atomic E-state index is 11.7. The summed E-state index contributed by atoms with van der Waals surface area (Å²) in [4.78, 5) is 16.1. The maximum atomic E-state index is 11.7. The number of hydrogen-bond acceptors (Lipinski definition) is 4. The Hall–Kier alpha value is -1.63. The predicted octanol–water partition coefficient (Wildman–Crippen LogP) is 2.26. The Morgan fingerprint density at radius 1 is 1.39 bits per heavy atom. The molecular weight excluding hydrogens is 250 g/mol. The lowest BCUT2D eigenvalue weighted by molar-refractivity contribution is 0.244. The van der Waals surface area contributed by atoms with Gasteiger partial charge in [-0.25, -0.2) is 9.48 Å². The predicted molar refractivity (Wildman–Crippen MR) is 73.0 cm³/mol. The fourth-order valence-electron chi connectivity index (χ4n) is 1.61. The van der Waals surface area contributed by atoms with E-state index in [9.17, 15) is 4.79 Å². The van der Waals surface area contributed by atoms with Crippen LogP contribution < -0.4 is 10.6 Å². The number of carbonyl (C=O) groups excluding carboxylic acids is 1. The second-order valence-electron chi connectivity index (χ2n) is 5.21. The lowest BCUT2D eigenvalue weighted by Gasteiger charge is -2.20. The van der Waals surface area contributed by atoms with Gasteiger partial charge in [0.05, 0.1) is 10.4 Å². The largest absolute Gasteiger partial charge is 0.333 e. The molecule has 0 aliphatic carbocycles. The van der Waals surface area contributed by atoms with Crippen molar-refractivity contribution in [2.45, 2.75) is 33.2 Å². The van der Waals surface area contributed by atoms with E-state index < -0.39 is 0 Å². The number of hydrogen-bond donors (Lipinski definition) is 2. The average molecular weight is 267 g/mol. The Bertz CT molecular complexity index is 558. The normalized spacial score (nSPS) is 11.8. The first-order valence-electron chi connectivity index (χ1n) is 5.65. The van der Waals surface area contributed by atoms with Crippen LogP contribution in [-0.2, 0) is 7.05 Å². The fraction of sp³-hybridized carbons (Fsp3) is 0.545. The molecule has 0 saturated carbocycles. The van der Waals surface area contributed by atoms with Crippen molar-refractivity contribution in [1.82, 2.24) is 20.1 Å². The first kappa shape index (κ1) is 12.8. The highest BCUT2D eigenvalue weighted by atomic mass is 32.1. The number of aryl methyl sites for hydroxylation is 2.